The van der Waals surface area contributed by atoms with Crippen LogP contribution in [0.2, 0.25) is 5.02 Å². The van der Waals surface area contributed by atoms with E-state index in [1.807, 2.05) is 18.2 Å². The Kier molecular flexibility index (Phi) is 6.41. The zero-order valence-electron chi connectivity index (χ0n) is 14.8. The van der Waals surface area contributed by atoms with Gasteiger partial charge in [-0.3, -0.25) is 14.0 Å². The lowest BCUT2D eigenvalue weighted by molar-refractivity contribution is 0.102. The summed E-state index contributed by atoms with van der Waals surface area (Å²) in [6, 6.07) is 17.2. The van der Waals surface area contributed by atoms with Gasteiger partial charge in [0.1, 0.15) is 0 Å². The van der Waals surface area contributed by atoms with Crippen molar-refractivity contribution in [2.45, 2.75) is 13.0 Å². The van der Waals surface area contributed by atoms with Gasteiger partial charge in [0.05, 0.1) is 16.8 Å². The van der Waals surface area contributed by atoms with Crippen LogP contribution >= 0.6 is 11.6 Å². The van der Waals surface area contributed by atoms with E-state index in [0.29, 0.717) is 33.1 Å². The van der Waals surface area contributed by atoms with Gasteiger partial charge in [-0.2, -0.15) is 0 Å². The standard InChI is InChI=1S/C20H17ClN2O4S/c1-13(27-28(25)26)14-5-4-6-15(11-14)20(24)23-16-8-9-18(21)17(12-16)19-7-2-3-10-22-19/h2-13,28H,1H3,(H,23,24). The molecule has 3 aromatic rings. The Balaban J connectivity index is 1.82. The van der Waals surface area contributed by atoms with Crippen LogP contribution in [0.25, 0.3) is 11.3 Å². The molecule has 144 valence electrons. The van der Waals surface area contributed by atoms with Gasteiger partial charge >= 0.3 is 0 Å². The predicted molar refractivity (Wildman–Crippen MR) is 109 cm³/mol. The first-order valence-electron chi connectivity index (χ1n) is 8.37. The third-order valence-electron chi connectivity index (χ3n) is 4.03. The van der Waals surface area contributed by atoms with Crippen molar-refractivity contribution in [3.05, 3.63) is 83.0 Å². The number of hydrogen-bond acceptors (Lipinski definition) is 5. The summed E-state index contributed by atoms with van der Waals surface area (Å²) in [5.74, 6) is -0.338. The van der Waals surface area contributed by atoms with E-state index in [9.17, 15) is 13.2 Å². The highest BCUT2D eigenvalue weighted by atomic mass is 35.5. The first-order valence-corrected chi connectivity index (χ1v) is 9.85. The van der Waals surface area contributed by atoms with Crippen molar-refractivity contribution in [2.75, 3.05) is 5.32 Å². The fourth-order valence-electron chi connectivity index (χ4n) is 2.65. The van der Waals surface area contributed by atoms with Crippen LogP contribution < -0.4 is 5.32 Å². The van der Waals surface area contributed by atoms with Crippen molar-refractivity contribution in [1.29, 1.82) is 0 Å². The zero-order chi connectivity index (χ0) is 20.1. The highest BCUT2D eigenvalue weighted by Crippen LogP contribution is 2.29. The number of rotatable bonds is 6. The topological polar surface area (TPSA) is 85.4 Å². The van der Waals surface area contributed by atoms with Gasteiger partial charge in [-0.1, -0.05) is 29.8 Å². The molecular weight excluding hydrogens is 400 g/mol. The lowest BCUT2D eigenvalue weighted by Crippen LogP contribution is -2.12. The quantitative estimate of drug-likeness (QED) is 0.586. The van der Waals surface area contributed by atoms with Crippen molar-refractivity contribution in [3.8, 4) is 11.3 Å². The van der Waals surface area contributed by atoms with Gasteiger partial charge in [-0.25, -0.2) is 8.42 Å². The number of thiol groups is 1. The Labute approximate surface area is 169 Å². The maximum Gasteiger partial charge on any atom is 0.257 e. The molecule has 0 radical (unpaired) electrons. The molecule has 0 fully saturated rings. The SMILES string of the molecule is CC(O[SH](=O)=O)c1cccc(C(=O)Nc2ccc(Cl)c(-c3ccccn3)c2)c1. The minimum atomic E-state index is -2.98. The van der Waals surface area contributed by atoms with Gasteiger partial charge in [0.2, 0.25) is 0 Å². The van der Waals surface area contributed by atoms with Crippen molar-refractivity contribution in [3.63, 3.8) is 0 Å². The van der Waals surface area contributed by atoms with Crippen molar-refractivity contribution < 1.29 is 17.4 Å². The molecule has 28 heavy (non-hydrogen) atoms. The van der Waals surface area contributed by atoms with Crippen LogP contribution in [0, 0.1) is 0 Å². The van der Waals surface area contributed by atoms with E-state index in [1.165, 1.54) is 0 Å². The molecule has 1 aromatic heterocycles. The molecule has 1 atom stereocenters. The van der Waals surface area contributed by atoms with Crippen LogP contribution in [0.5, 0.6) is 0 Å². The number of amides is 1. The summed E-state index contributed by atoms with van der Waals surface area (Å²) in [5, 5.41) is 3.34. The number of aromatic nitrogens is 1. The van der Waals surface area contributed by atoms with Gasteiger partial charge in [-0.15, -0.1) is 0 Å². The van der Waals surface area contributed by atoms with E-state index >= 15 is 0 Å². The third kappa shape index (κ3) is 4.95. The molecule has 6 nitrogen and oxygen atoms in total. The molecule has 1 amide bonds. The monoisotopic (exact) mass is 416 g/mol. The number of anilines is 1. The molecule has 2 aromatic carbocycles. The van der Waals surface area contributed by atoms with E-state index in [4.69, 9.17) is 15.8 Å². The van der Waals surface area contributed by atoms with Crippen LogP contribution in [0.1, 0.15) is 28.9 Å². The second-order valence-electron chi connectivity index (χ2n) is 5.96. The molecule has 0 saturated carbocycles. The summed E-state index contributed by atoms with van der Waals surface area (Å²) in [5.41, 5.74) is 2.92. The summed E-state index contributed by atoms with van der Waals surface area (Å²) >= 11 is 6.27. The first kappa shape index (κ1) is 20.0. The molecular formula is C20H17ClN2O4S. The predicted octanol–water partition coefficient (Wildman–Crippen LogP) is 4.26. The van der Waals surface area contributed by atoms with Crippen LogP contribution in [0.4, 0.5) is 5.69 Å². The number of hydrogen-bond donors (Lipinski definition) is 2. The molecule has 0 spiro atoms. The molecule has 0 aliphatic rings. The largest absolute Gasteiger partial charge is 0.322 e. The minimum absolute atomic E-state index is 0.338. The lowest BCUT2D eigenvalue weighted by Gasteiger charge is -2.12. The van der Waals surface area contributed by atoms with Gasteiger partial charge in [0.15, 0.2) is 0 Å². The highest BCUT2D eigenvalue weighted by Gasteiger charge is 2.13. The van der Waals surface area contributed by atoms with Crippen LogP contribution in [-0.2, 0) is 15.2 Å². The van der Waals surface area contributed by atoms with E-state index in [2.05, 4.69) is 10.3 Å². The van der Waals surface area contributed by atoms with E-state index < -0.39 is 17.1 Å². The Morgan fingerprint density at radius 2 is 1.93 bits per heavy atom. The summed E-state index contributed by atoms with van der Waals surface area (Å²) < 4.78 is 26.2. The number of halogens is 1. The summed E-state index contributed by atoms with van der Waals surface area (Å²) in [6.45, 7) is 1.60. The molecule has 1 heterocycles. The maximum absolute atomic E-state index is 12.6. The Morgan fingerprint density at radius 1 is 1.11 bits per heavy atom. The van der Waals surface area contributed by atoms with Gasteiger partial charge < -0.3 is 5.32 Å². The number of nitrogens with one attached hydrogen (secondary N) is 1. The fourth-order valence-corrected chi connectivity index (χ4v) is 3.24. The summed E-state index contributed by atoms with van der Waals surface area (Å²) in [4.78, 5) is 16.9. The van der Waals surface area contributed by atoms with Gasteiger partial charge in [0.25, 0.3) is 16.9 Å². The summed E-state index contributed by atoms with van der Waals surface area (Å²) in [7, 11) is -2.98. The second-order valence-corrected chi connectivity index (χ2v) is 7.03. The lowest BCUT2D eigenvalue weighted by atomic mass is 10.1. The van der Waals surface area contributed by atoms with Crippen molar-refractivity contribution >= 4 is 34.2 Å². The van der Waals surface area contributed by atoms with Gasteiger partial charge in [-0.05, 0) is 55.0 Å². The fraction of sp³-hybridized carbons (Fsp3) is 0.100. The molecule has 1 unspecified atom stereocenters. The average Bonchev–Trinajstić information content (AvgIpc) is 2.69. The van der Waals surface area contributed by atoms with E-state index in [0.717, 1.165) is 0 Å². The molecule has 3 rings (SSSR count). The van der Waals surface area contributed by atoms with Crippen LogP contribution in [0.3, 0.4) is 0 Å². The van der Waals surface area contributed by atoms with Crippen LogP contribution in [0.15, 0.2) is 66.9 Å². The Morgan fingerprint density at radius 3 is 2.64 bits per heavy atom. The van der Waals surface area contributed by atoms with Crippen molar-refractivity contribution in [2.24, 2.45) is 0 Å². The zero-order valence-corrected chi connectivity index (χ0v) is 16.5. The molecule has 0 saturated heterocycles. The number of pyridine rings is 1. The Hall–Kier alpha value is -2.74. The molecule has 8 heteroatoms. The van der Waals surface area contributed by atoms with Gasteiger partial charge in [0, 0.05) is 23.0 Å². The average molecular weight is 417 g/mol. The molecule has 0 bridgehead atoms. The Bertz CT molecular complexity index is 1060. The van der Waals surface area contributed by atoms with E-state index in [1.54, 1.807) is 55.6 Å². The number of nitrogens with zero attached hydrogens (tertiary/aromatic N) is 1. The van der Waals surface area contributed by atoms with E-state index in [-0.39, 0.29) is 5.91 Å². The third-order valence-corrected chi connectivity index (χ3v) is 4.85. The smallest absolute Gasteiger partial charge is 0.257 e. The first-order chi connectivity index (χ1) is 13.4. The van der Waals surface area contributed by atoms with Crippen LogP contribution in [-0.4, -0.2) is 19.3 Å². The second kappa shape index (κ2) is 8.97. The molecule has 1 N–H and O–H groups in total. The number of carbonyl (C=O) groups excluding carboxylic acids is 1. The maximum atomic E-state index is 12.6. The molecule has 0 aliphatic carbocycles. The minimum Gasteiger partial charge on any atom is -0.322 e. The number of carbonyl (C=O) groups is 1. The highest BCUT2D eigenvalue weighted by molar-refractivity contribution is 7.67. The van der Waals surface area contributed by atoms with Crippen molar-refractivity contribution in [1.82, 2.24) is 4.98 Å². The normalized spacial score (nSPS) is 12.0. The molecule has 0 aliphatic heterocycles. The number of benzene rings is 2. The summed E-state index contributed by atoms with van der Waals surface area (Å²) in [6.07, 6.45) is 0.988.